The van der Waals surface area contributed by atoms with Gasteiger partial charge in [0.2, 0.25) is 0 Å². The lowest BCUT2D eigenvalue weighted by atomic mass is 10.1. The van der Waals surface area contributed by atoms with Crippen molar-refractivity contribution in [3.05, 3.63) is 36.2 Å². The Morgan fingerprint density at radius 3 is 3.08 bits per heavy atom. The molecule has 1 saturated heterocycles. The minimum absolute atomic E-state index is 0.240. The van der Waals surface area contributed by atoms with Gasteiger partial charge in [0.1, 0.15) is 12.3 Å². The molecule has 0 spiro atoms. The number of aliphatic carboxylic acids is 1. The van der Waals surface area contributed by atoms with E-state index in [0.29, 0.717) is 18.7 Å². The lowest BCUT2D eigenvalue weighted by Gasteiger charge is -2.31. The predicted molar refractivity (Wildman–Crippen MR) is 83.6 cm³/mol. The molecule has 24 heavy (non-hydrogen) atoms. The number of carboxylic acids is 1. The minimum atomic E-state index is -1.05. The first-order chi connectivity index (χ1) is 11.6. The molecule has 0 aromatic carbocycles. The van der Waals surface area contributed by atoms with Gasteiger partial charge in [-0.25, -0.2) is 14.8 Å². The van der Waals surface area contributed by atoms with Gasteiger partial charge in [0.05, 0.1) is 18.8 Å². The van der Waals surface area contributed by atoms with Crippen molar-refractivity contribution in [2.45, 2.75) is 18.6 Å². The van der Waals surface area contributed by atoms with Gasteiger partial charge < -0.3 is 19.9 Å². The average Bonchev–Trinajstić information content (AvgIpc) is 2.60. The Labute approximate surface area is 137 Å². The standard InChI is InChI=1S/C16H17N3O5/c20-14(21)9-24-13-5-7-23-8-12(13)19-16(22)11-4-3-10-2-1-6-17-15(10)18-11/h1-4,6,12-13H,5,7-9H2,(H,19,22)(H,20,21)/t12-,13+/m1/s1. The highest BCUT2D eigenvalue weighted by Crippen LogP contribution is 2.14. The van der Waals surface area contributed by atoms with Crippen LogP contribution in [0.4, 0.5) is 0 Å². The summed E-state index contributed by atoms with van der Waals surface area (Å²) in [5.74, 6) is -1.42. The molecule has 2 aromatic rings. The summed E-state index contributed by atoms with van der Waals surface area (Å²) in [6.45, 7) is 0.325. The zero-order valence-electron chi connectivity index (χ0n) is 12.8. The van der Waals surface area contributed by atoms with Crippen LogP contribution >= 0.6 is 0 Å². The van der Waals surface area contributed by atoms with Crippen LogP contribution in [0.25, 0.3) is 11.0 Å². The monoisotopic (exact) mass is 331 g/mol. The zero-order chi connectivity index (χ0) is 16.9. The Morgan fingerprint density at radius 2 is 2.25 bits per heavy atom. The Kier molecular flexibility index (Phi) is 4.97. The van der Waals surface area contributed by atoms with Crippen molar-refractivity contribution in [2.75, 3.05) is 19.8 Å². The maximum absolute atomic E-state index is 12.4. The molecule has 1 amide bonds. The van der Waals surface area contributed by atoms with E-state index in [0.717, 1.165) is 5.39 Å². The first kappa shape index (κ1) is 16.3. The maximum atomic E-state index is 12.4. The van der Waals surface area contributed by atoms with E-state index in [2.05, 4.69) is 15.3 Å². The highest BCUT2D eigenvalue weighted by atomic mass is 16.5. The van der Waals surface area contributed by atoms with Gasteiger partial charge in [0, 0.05) is 18.2 Å². The van der Waals surface area contributed by atoms with Crippen molar-refractivity contribution in [2.24, 2.45) is 0 Å². The lowest BCUT2D eigenvalue weighted by molar-refractivity contribution is -0.147. The quantitative estimate of drug-likeness (QED) is 0.826. The first-order valence-electron chi connectivity index (χ1n) is 7.57. The number of nitrogens with zero attached hydrogens (tertiary/aromatic N) is 2. The van der Waals surface area contributed by atoms with Gasteiger partial charge in [-0.1, -0.05) is 0 Å². The fourth-order valence-electron chi connectivity index (χ4n) is 2.55. The maximum Gasteiger partial charge on any atom is 0.329 e. The third-order valence-corrected chi connectivity index (χ3v) is 3.73. The molecule has 1 aliphatic heterocycles. The summed E-state index contributed by atoms with van der Waals surface area (Å²) in [6.07, 6.45) is 1.73. The Bertz CT molecular complexity index is 751. The minimum Gasteiger partial charge on any atom is -0.480 e. The van der Waals surface area contributed by atoms with Gasteiger partial charge >= 0.3 is 5.97 Å². The Hall–Kier alpha value is -2.58. The van der Waals surface area contributed by atoms with E-state index in [1.165, 1.54) is 0 Å². The number of hydrogen-bond donors (Lipinski definition) is 2. The third-order valence-electron chi connectivity index (χ3n) is 3.73. The van der Waals surface area contributed by atoms with E-state index in [9.17, 15) is 9.59 Å². The molecule has 8 nitrogen and oxygen atoms in total. The van der Waals surface area contributed by atoms with Crippen molar-refractivity contribution < 1.29 is 24.2 Å². The third kappa shape index (κ3) is 3.84. The second-order valence-electron chi connectivity index (χ2n) is 5.43. The normalized spacial score (nSPS) is 20.7. The molecule has 0 unspecified atom stereocenters. The van der Waals surface area contributed by atoms with E-state index >= 15 is 0 Å². The summed E-state index contributed by atoms with van der Waals surface area (Å²) >= 11 is 0. The number of nitrogens with one attached hydrogen (secondary N) is 1. The number of hydrogen-bond acceptors (Lipinski definition) is 6. The van der Waals surface area contributed by atoms with Crippen LogP contribution in [0.1, 0.15) is 16.9 Å². The summed E-state index contributed by atoms with van der Waals surface area (Å²) in [5.41, 5.74) is 0.729. The second kappa shape index (κ2) is 7.33. The van der Waals surface area contributed by atoms with Gasteiger partial charge in [0.25, 0.3) is 5.91 Å². The van der Waals surface area contributed by atoms with E-state index < -0.39 is 24.7 Å². The highest BCUT2D eigenvalue weighted by Gasteiger charge is 2.29. The molecule has 0 aliphatic carbocycles. The first-order valence-corrected chi connectivity index (χ1v) is 7.57. The molecule has 0 radical (unpaired) electrons. The van der Waals surface area contributed by atoms with Gasteiger partial charge in [-0.05, 0) is 30.7 Å². The summed E-state index contributed by atoms with van der Waals surface area (Å²) < 4.78 is 10.7. The number of aromatic nitrogens is 2. The summed E-state index contributed by atoms with van der Waals surface area (Å²) in [7, 11) is 0. The highest BCUT2D eigenvalue weighted by molar-refractivity contribution is 5.94. The number of carbonyl (C=O) groups is 2. The van der Waals surface area contributed by atoms with Gasteiger partial charge in [-0.3, -0.25) is 4.79 Å². The second-order valence-corrected chi connectivity index (χ2v) is 5.43. The van der Waals surface area contributed by atoms with Crippen LogP contribution in [-0.4, -0.2) is 58.9 Å². The van der Waals surface area contributed by atoms with Crippen molar-refractivity contribution in [1.29, 1.82) is 0 Å². The van der Waals surface area contributed by atoms with Crippen LogP contribution in [0.2, 0.25) is 0 Å². The summed E-state index contributed by atoms with van der Waals surface area (Å²) in [5, 5.41) is 12.4. The Balaban J connectivity index is 1.70. The molecule has 0 bridgehead atoms. The number of rotatable bonds is 5. The molecular weight excluding hydrogens is 314 g/mol. The van der Waals surface area contributed by atoms with E-state index in [4.69, 9.17) is 14.6 Å². The van der Waals surface area contributed by atoms with E-state index in [1.54, 1.807) is 24.4 Å². The molecule has 3 heterocycles. The average molecular weight is 331 g/mol. The fraction of sp³-hybridized carbons (Fsp3) is 0.375. The molecule has 3 rings (SSSR count). The lowest BCUT2D eigenvalue weighted by Crippen LogP contribution is -2.51. The molecular formula is C16H17N3O5. The van der Waals surface area contributed by atoms with Crippen LogP contribution in [0.15, 0.2) is 30.5 Å². The van der Waals surface area contributed by atoms with Crippen molar-refractivity contribution in [3.8, 4) is 0 Å². The van der Waals surface area contributed by atoms with Gasteiger partial charge in [-0.15, -0.1) is 0 Å². The van der Waals surface area contributed by atoms with Crippen LogP contribution < -0.4 is 5.32 Å². The molecule has 0 saturated carbocycles. The largest absolute Gasteiger partial charge is 0.480 e. The summed E-state index contributed by atoms with van der Waals surface area (Å²) in [6, 6.07) is 6.64. The number of amides is 1. The molecule has 1 aliphatic rings. The number of ether oxygens (including phenoxy) is 2. The van der Waals surface area contributed by atoms with Crippen molar-refractivity contribution in [3.63, 3.8) is 0 Å². The predicted octanol–water partition coefficient (Wildman–Crippen LogP) is 0.618. The smallest absolute Gasteiger partial charge is 0.329 e. The van der Waals surface area contributed by atoms with E-state index in [1.807, 2.05) is 6.07 Å². The molecule has 2 atom stereocenters. The van der Waals surface area contributed by atoms with Crippen LogP contribution in [0, 0.1) is 0 Å². The zero-order valence-corrected chi connectivity index (χ0v) is 12.8. The van der Waals surface area contributed by atoms with Gasteiger partial charge in [-0.2, -0.15) is 0 Å². The summed E-state index contributed by atoms with van der Waals surface area (Å²) in [4.78, 5) is 31.4. The topological polar surface area (TPSA) is 111 Å². The van der Waals surface area contributed by atoms with Crippen LogP contribution in [0.3, 0.4) is 0 Å². The SMILES string of the molecule is O=C(O)CO[C@H]1CCOC[C@H]1NC(=O)c1ccc2cccnc2n1. The van der Waals surface area contributed by atoms with Gasteiger partial charge in [0.15, 0.2) is 5.65 Å². The Morgan fingerprint density at radius 1 is 1.38 bits per heavy atom. The molecule has 126 valence electrons. The molecule has 2 N–H and O–H groups in total. The molecule has 8 heteroatoms. The number of fused-ring (bicyclic) bond motifs is 1. The fourth-order valence-corrected chi connectivity index (χ4v) is 2.55. The van der Waals surface area contributed by atoms with Crippen LogP contribution in [0.5, 0.6) is 0 Å². The van der Waals surface area contributed by atoms with Crippen LogP contribution in [-0.2, 0) is 14.3 Å². The van der Waals surface area contributed by atoms with E-state index in [-0.39, 0.29) is 18.2 Å². The van der Waals surface area contributed by atoms with Crippen molar-refractivity contribution in [1.82, 2.24) is 15.3 Å². The number of carboxylic acid groups (broad SMARTS) is 1. The van der Waals surface area contributed by atoms with Crippen molar-refractivity contribution >= 4 is 22.9 Å². The number of pyridine rings is 2. The molecule has 1 fully saturated rings. The molecule has 2 aromatic heterocycles. The number of carbonyl (C=O) groups excluding carboxylic acids is 1.